The molecule has 3 rings (SSSR count). The molecule has 19 heavy (non-hydrogen) atoms. The minimum Gasteiger partial charge on any atom is -0.386 e. The van der Waals surface area contributed by atoms with Crippen molar-refractivity contribution in [2.75, 3.05) is 0 Å². The van der Waals surface area contributed by atoms with Crippen molar-refractivity contribution in [1.29, 1.82) is 0 Å². The summed E-state index contributed by atoms with van der Waals surface area (Å²) in [7, 11) is 0. The zero-order valence-corrected chi connectivity index (χ0v) is 10.7. The zero-order chi connectivity index (χ0) is 14.2. The molecule has 2 heterocycles. The van der Waals surface area contributed by atoms with Gasteiger partial charge in [-0.3, -0.25) is 4.89 Å². The molecule has 0 radical (unpaired) electrons. The fourth-order valence-electron chi connectivity index (χ4n) is 1.42. The molecule has 2 aromatic heterocycles. The van der Waals surface area contributed by atoms with Crippen molar-refractivity contribution in [3.05, 3.63) is 44.6 Å². The average molecular weight is 264 g/mol. The van der Waals surface area contributed by atoms with Gasteiger partial charge in [-0.1, -0.05) is 0 Å². The lowest BCUT2D eigenvalue weighted by atomic mass is 10.1. The first kappa shape index (κ1) is 13.2. The Kier molecular flexibility index (Phi) is 3.11. The quantitative estimate of drug-likeness (QED) is 0.603. The Balaban J connectivity index is 2.45. The van der Waals surface area contributed by atoms with Gasteiger partial charge in [-0.15, -0.1) is 0 Å². The van der Waals surface area contributed by atoms with Gasteiger partial charge in [-0.05, 0) is 39.0 Å². The topological polar surface area (TPSA) is 82.8 Å². The molecule has 0 fully saturated rings. The van der Waals surface area contributed by atoms with Crippen LogP contribution in [0.25, 0.3) is 10.8 Å². The predicted octanol–water partition coefficient (Wildman–Crippen LogP) is 1.48. The largest absolute Gasteiger partial charge is 0.386 e. The van der Waals surface area contributed by atoms with Crippen LogP contribution in [0, 0.1) is 0 Å². The Morgan fingerprint density at radius 1 is 1.16 bits per heavy atom. The maximum absolute atomic E-state index is 11.8. The molecule has 3 aromatic rings. The lowest BCUT2D eigenvalue weighted by Crippen LogP contribution is -2.22. The molecule has 0 unspecified atom stereocenters. The van der Waals surface area contributed by atoms with Gasteiger partial charge in [0.25, 0.3) is 0 Å². The van der Waals surface area contributed by atoms with Gasteiger partial charge in [0.05, 0.1) is 16.3 Å². The second-order valence-electron chi connectivity index (χ2n) is 5.00. The average Bonchev–Trinajstić information content (AvgIpc) is 2.53. The van der Waals surface area contributed by atoms with E-state index >= 15 is 0 Å². The second-order valence-corrected chi connectivity index (χ2v) is 5.00. The van der Waals surface area contributed by atoms with Crippen LogP contribution >= 0.6 is 0 Å². The third-order valence-electron chi connectivity index (χ3n) is 2.25. The molecule has 6 nitrogen and oxygen atoms in total. The highest BCUT2D eigenvalue weighted by Gasteiger charge is 2.20. The molecule has 0 amide bonds. The van der Waals surface area contributed by atoms with Crippen LogP contribution in [0.15, 0.2) is 32.2 Å². The molecule has 0 aliphatic rings. The molecule has 0 aliphatic carbocycles. The van der Waals surface area contributed by atoms with Crippen LogP contribution < -0.4 is 11.3 Å². The van der Waals surface area contributed by atoms with Crippen molar-refractivity contribution in [3.63, 3.8) is 0 Å². The highest BCUT2D eigenvalue weighted by atomic mass is 17.2. The Labute approximate surface area is 107 Å². The van der Waals surface area contributed by atoms with Crippen molar-refractivity contribution >= 4 is 16.7 Å². The maximum Gasteiger partial charge on any atom is 0.374 e. The molecule has 0 aliphatic heterocycles. The third-order valence-corrected chi connectivity index (χ3v) is 2.25. The highest BCUT2D eigenvalue weighted by Crippen LogP contribution is 2.14. The van der Waals surface area contributed by atoms with Crippen molar-refractivity contribution < 1.29 is 19.0 Å². The molecule has 6 heteroatoms. The molecule has 0 saturated heterocycles. The van der Waals surface area contributed by atoms with Crippen molar-refractivity contribution in [2.45, 2.75) is 26.4 Å². The standard InChI is InChI=1S/C13H12O6/c1-13(2,3)19-18-12(16)9-6-7-4-5-8(9)11(15)17-10(7)14/h4-6H,1-3H3. The van der Waals surface area contributed by atoms with Gasteiger partial charge in [0.2, 0.25) is 0 Å². The molecule has 1 aromatic carbocycles. The van der Waals surface area contributed by atoms with Crippen LogP contribution in [0.1, 0.15) is 31.1 Å². The monoisotopic (exact) mass is 264 g/mol. The minimum atomic E-state index is -0.882. The van der Waals surface area contributed by atoms with E-state index in [1.165, 1.54) is 18.2 Å². The summed E-state index contributed by atoms with van der Waals surface area (Å²) in [5.74, 6) is -0.849. The number of hydrogen-bond donors (Lipinski definition) is 0. The van der Waals surface area contributed by atoms with E-state index in [1.54, 1.807) is 20.8 Å². The maximum atomic E-state index is 11.8. The number of benzene rings is 1. The summed E-state index contributed by atoms with van der Waals surface area (Å²) in [4.78, 5) is 44.3. The summed E-state index contributed by atoms with van der Waals surface area (Å²) in [5, 5.41) is 0.0782. The van der Waals surface area contributed by atoms with Gasteiger partial charge >= 0.3 is 17.2 Å². The van der Waals surface area contributed by atoms with Crippen molar-refractivity contribution in [2.24, 2.45) is 0 Å². The fourth-order valence-corrected chi connectivity index (χ4v) is 1.42. The Bertz CT molecular complexity index is 722. The van der Waals surface area contributed by atoms with Crippen molar-refractivity contribution in [3.8, 4) is 0 Å². The van der Waals surface area contributed by atoms with Crippen molar-refractivity contribution in [1.82, 2.24) is 0 Å². The first-order valence-corrected chi connectivity index (χ1v) is 5.58. The van der Waals surface area contributed by atoms with Gasteiger partial charge in [-0.2, -0.15) is 4.89 Å². The predicted molar refractivity (Wildman–Crippen MR) is 66.2 cm³/mol. The summed E-state index contributed by atoms with van der Waals surface area (Å²) in [6.07, 6.45) is 0. The SMILES string of the molecule is CC(C)(C)OOC(=O)c1cc2ccc1c(=O)oc2=O. The highest BCUT2D eigenvalue weighted by molar-refractivity contribution is 5.99. The van der Waals surface area contributed by atoms with Gasteiger partial charge in [0.15, 0.2) is 0 Å². The van der Waals surface area contributed by atoms with Crippen LogP contribution in [0.3, 0.4) is 0 Å². The van der Waals surface area contributed by atoms with E-state index in [0.717, 1.165) is 0 Å². The molecule has 0 atom stereocenters. The van der Waals surface area contributed by atoms with Gasteiger partial charge < -0.3 is 4.42 Å². The third kappa shape index (κ3) is 2.79. The molecule has 100 valence electrons. The molecular formula is C13H12O6. The summed E-state index contributed by atoms with van der Waals surface area (Å²) in [5.41, 5.74) is -2.41. The van der Waals surface area contributed by atoms with Gasteiger partial charge in [-0.25, -0.2) is 14.4 Å². The Morgan fingerprint density at radius 3 is 2.47 bits per heavy atom. The number of fused-ring (bicyclic) bond motifs is 4. The summed E-state index contributed by atoms with van der Waals surface area (Å²) in [6.45, 7) is 5.11. The van der Waals surface area contributed by atoms with E-state index in [-0.39, 0.29) is 16.3 Å². The van der Waals surface area contributed by atoms with E-state index in [2.05, 4.69) is 9.30 Å². The van der Waals surface area contributed by atoms with Crippen LogP contribution in [0.4, 0.5) is 0 Å². The Morgan fingerprint density at radius 2 is 1.84 bits per heavy atom. The molecule has 2 bridgehead atoms. The number of rotatable bonds is 2. The Hall–Kier alpha value is -2.21. The lowest BCUT2D eigenvalue weighted by Gasteiger charge is -2.16. The van der Waals surface area contributed by atoms with E-state index in [4.69, 9.17) is 4.89 Å². The van der Waals surface area contributed by atoms with E-state index in [9.17, 15) is 14.4 Å². The molecular weight excluding hydrogens is 252 g/mol. The van der Waals surface area contributed by atoms with E-state index < -0.39 is 22.8 Å². The van der Waals surface area contributed by atoms with Crippen LogP contribution in [-0.2, 0) is 9.78 Å². The van der Waals surface area contributed by atoms with Crippen LogP contribution in [-0.4, -0.2) is 11.6 Å². The van der Waals surface area contributed by atoms with E-state index in [0.29, 0.717) is 0 Å². The second kappa shape index (κ2) is 4.47. The first-order chi connectivity index (χ1) is 8.78. The summed E-state index contributed by atoms with van der Waals surface area (Å²) >= 11 is 0. The first-order valence-electron chi connectivity index (χ1n) is 5.58. The minimum absolute atomic E-state index is 0.0305. The molecule has 0 saturated carbocycles. The van der Waals surface area contributed by atoms with Gasteiger partial charge in [0.1, 0.15) is 5.60 Å². The van der Waals surface area contributed by atoms with Gasteiger partial charge in [0, 0.05) is 0 Å². The lowest BCUT2D eigenvalue weighted by molar-refractivity contribution is -0.301. The smallest absolute Gasteiger partial charge is 0.374 e. The van der Waals surface area contributed by atoms with Crippen LogP contribution in [0.2, 0.25) is 0 Å². The van der Waals surface area contributed by atoms with E-state index in [1.807, 2.05) is 0 Å². The molecule has 0 spiro atoms. The normalized spacial score (nSPS) is 11.7. The van der Waals surface area contributed by atoms with Crippen LogP contribution in [0.5, 0.6) is 0 Å². The number of hydrogen-bond acceptors (Lipinski definition) is 6. The zero-order valence-electron chi connectivity index (χ0n) is 10.7. The number of carbonyl (C=O) groups is 1. The summed E-state index contributed by atoms with van der Waals surface area (Å²) < 4.78 is 4.51. The molecule has 0 N–H and O–H groups in total. The number of carbonyl (C=O) groups excluding carboxylic acids is 1. The fraction of sp³-hybridized carbons (Fsp3) is 0.308. The summed E-state index contributed by atoms with van der Waals surface area (Å²) in [6, 6.07) is 4.00.